The van der Waals surface area contributed by atoms with E-state index in [4.69, 9.17) is 10.8 Å². The predicted molar refractivity (Wildman–Crippen MR) is 73.6 cm³/mol. The van der Waals surface area contributed by atoms with Gasteiger partial charge in [-0.15, -0.1) is 0 Å². The molecule has 0 heterocycles. The summed E-state index contributed by atoms with van der Waals surface area (Å²) in [6, 6.07) is 3.60. The number of aryl methyl sites for hydroxylation is 1. The van der Waals surface area contributed by atoms with Crippen molar-refractivity contribution in [1.29, 1.82) is 0 Å². The lowest BCUT2D eigenvalue weighted by Crippen LogP contribution is -2.38. The van der Waals surface area contributed by atoms with Gasteiger partial charge in [-0.05, 0) is 37.6 Å². The third-order valence-electron chi connectivity index (χ3n) is 2.60. The zero-order chi connectivity index (χ0) is 15.3. The fourth-order valence-corrected chi connectivity index (χ4v) is 1.73. The molecule has 5 N–H and O–H groups in total. The molecule has 108 valence electrons. The van der Waals surface area contributed by atoms with Crippen molar-refractivity contribution >= 4 is 23.6 Å². The van der Waals surface area contributed by atoms with E-state index in [1.807, 2.05) is 0 Å². The third kappa shape index (κ3) is 4.60. The maximum atomic E-state index is 11.6. The molecule has 1 rings (SSSR count). The molecule has 1 unspecified atom stereocenters. The highest BCUT2D eigenvalue weighted by Crippen LogP contribution is 2.15. The van der Waals surface area contributed by atoms with Gasteiger partial charge in [-0.25, -0.2) is 9.59 Å². The number of nitrogens with one attached hydrogen (secondary N) is 2. The van der Waals surface area contributed by atoms with Gasteiger partial charge in [0, 0.05) is 18.2 Å². The van der Waals surface area contributed by atoms with Crippen LogP contribution < -0.4 is 16.4 Å². The summed E-state index contributed by atoms with van der Waals surface area (Å²) in [5.74, 6) is -1.52. The van der Waals surface area contributed by atoms with Crippen molar-refractivity contribution in [3.05, 3.63) is 29.3 Å². The first-order valence-electron chi connectivity index (χ1n) is 5.99. The van der Waals surface area contributed by atoms with E-state index in [0.717, 1.165) is 0 Å². The summed E-state index contributed by atoms with van der Waals surface area (Å²) in [7, 11) is 0. The number of primary amides is 1. The van der Waals surface area contributed by atoms with Crippen LogP contribution in [0.1, 0.15) is 29.3 Å². The van der Waals surface area contributed by atoms with E-state index in [2.05, 4.69) is 10.6 Å². The Hall–Kier alpha value is -2.57. The number of amides is 3. The predicted octanol–water partition coefficient (Wildman–Crippen LogP) is 1.08. The highest BCUT2D eigenvalue weighted by molar-refractivity contribution is 5.93. The van der Waals surface area contributed by atoms with E-state index in [1.54, 1.807) is 19.9 Å². The van der Waals surface area contributed by atoms with Crippen molar-refractivity contribution in [2.45, 2.75) is 26.3 Å². The fraction of sp³-hybridized carbons (Fsp3) is 0.308. The van der Waals surface area contributed by atoms with Crippen LogP contribution >= 0.6 is 0 Å². The zero-order valence-corrected chi connectivity index (χ0v) is 11.3. The van der Waals surface area contributed by atoms with Gasteiger partial charge < -0.3 is 21.5 Å². The molecule has 7 nitrogen and oxygen atoms in total. The zero-order valence-electron chi connectivity index (χ0n) is 11.3. The SMILES string of the molecule is Cc1cc(NC(=O)NC(C)CC(N)=O)ccc1C(=O)O. The Bertz CT molecular complexity index is 542. The lowest BCUT2D eigenvalue weighted by Gasteiger charge is -2.13. The highest BCUT2D eigenvalue weighted by atomic mass is 16.4. The van der Waals surface area contributed by atoms with Crippen LogP contribution in [-0.4, -0.2) is 29.1 Å². The Kier molecular flexibility index (Phi) is 5.08. The number of aromatic carboxylic acids is 1. The maximum absolute atomic E-state index is 11.6. The van der Waals surface area contributed by atoms with Crippen molar-refractivity contribution < 1.29 is 19.5 Å². The Labute approximate surface area is 116 Å². The molecule has 0 saturated carbocycles. The first kappa shape index (κ1) is 15.5. The standard InChI is InChI=1S/C13H17N3O4/c1-7-5-9(3-4-10(7)12(18)19)16-13(20)15-8(2)6-11(14)17/h3-5,8H,6H2,1-2H3,(H2,14,17)(H,18,19)(H2,15,16,20). The monoisotopic (exact) mass is 279 g/mol. The van der Waals surface area contributed by atoms with E-state index >= 15 is 0 Å². The second kappa shape index (κ2) is 6.55. The number of hydrogen-bond acceptors (Lipinski definition) is 3. The fourth-order valence-electron chi connectivity index (χ4n) is 1.73. The minimum Gasteiger partial charge on any atom is -0.478 e. The van der Waals surface area contributed by atoms with Crippen molar-refractivity contribution in [1.82, 2.24) is 5.32 Å². The second-order valence-corrected chi connectivity index (χ2v) is 4.50. The van der Waals surface area contributed by atoms with Crippen molar-refractivity contribution in [3.63, 3.8) is 0 Å². The molecule has 3 amide bonds. The summed E-state index contributed by atoms with van der Waals surface area (Å²) in [6.07, 6.45) is 0.0460. The van der Waals surface area contributed by atoms with Gasteiger partial charge in [0.15, 0.2) is 0 Å². The maximum Gasteiger partial charge on any atom is 0.335 e. The molecule has 0 spiro atoms. The van der Waals surface area contributed by atoms with E-state index in [0.29, 0.717) is 11.3 Å². The molecule has 0 radical (unpaired) electrons. The quantitative estimate of drug-likeness (QED) is 0.644. The van der Waals surface area contributed by atoms with Gasteiger partial charge in [0.2, 0.25) is 5.91 Å². The van der Waals surface area contributed by atoms with Gasteiger partial charge in [0.05, 0.1) is 5.56 Å². The first-order valence-corrected chi connectivity index (χ1v) is 5.99. The number of anilines is 1. The van der Waals surface area contributed by atoms with E-state index in [9.17, 15) is 14.4 Å². The van der Waals surface area contributed by atoms with Crippen LogP contribution in [0.15, 0.2) is 18.2 Å². The van der Waals surface area contributed by atoms with Crippen LogP contribution in [0.4, 0.5) is 10.5 Å². The van der Waals surface area contributed by atoms with Gasteiger partial charge in [-0.2, -0.15) is 0 Å². The second-order valence-electron chi connectivity index (χ2n) is 4.50. The number of rotatable bonds is 5. The molecule has 1 aromatic rings. The number of carbonyl (C=O) groups excluding carboxylic acids is 2. The minimum atomic E-state index is -1.02. The number of carbonyl (C=O) groups is 3. The van der Waals surface area contributed by atoms with Crippen LogP contribution in [0.3, 0.4) is 0 Å². The molecule has 0 aliphatic rings. The number of benzene rings is 1. The third-order valence-corrected chi connectivity index (χ3v) is 2.60. The minimum absolute atomic E-state index is 0.0460. The largest absolute Gasteiger partial charge is 0.478 e. The molecule has 0 aliphatic heterocycles. The normalized spacial score (nSPS) is 11.5. The Morgan fingerprint density at radius 3 is 2.50 bits per heavy atom. The molecule has 1 aromatic carbocycles. The summed E-state index contributed by atoms with van der Waals surface area (Å²) in [5, 5.41) is 14.0. The lowest BCUT2D eigenvalue weighted by molar-refractivity contribution is -0.118. The average molecular weight is 279 g/mol. The van der Waals surface area contributed by atoms with Crippen molar-refractivity contribution in [2.24, 2.45) is 5.73 Å². The van der Waals surface area contributed by atoms with Crippen LogP contribution in [0.5, 0.6) is 0 Å². The van der Waals surface area contributed by atoms with Crippen LogP contribution in [0.2, 0.25) is 0 Å². The molecule has 0 bridgehead atoms. The Morgan fingerprint density at radius 2 is 2.00 bits per heavy atom. The first-order chi connectivity index (χ1) is 9.29. The average Bonchev–Trinajstić information content (AvgIpc) is 2.26. The molecule has 0 fully saturated rings. The van der Waals surface area contributed by atoms with Gasteiger partial charge in [0.1, 0.15) is 0 Å². The molecular weight excluding hydrogens is 262 g/mol. The summed E-state index contributed by atoms with van der Waals surface area (Å²) >= 11 is 0. The summed E-state index contributed by atoms with van der Waals surface area (Å²) in [4.78, 5) is 33.2. The molecule has 0 saturated heterocycles. The van der Waals surface area contributed by atoms with Crippen LogP contribution in [0, 0.1) is 6.92 Å². The summed E-state index contributed by atoms with van der Waals surface area (Å²) in [6.45, 7) is 3.30. The summed E-state index contributed by atoms with van der Waals surface area (Å²) < 4.78 is 0. The van der Waals surface area contributed by atoms with E-state index < -0.39 is 17.9 Å². The van der Waals surface area contributed by atoms with Crippen LogP contribution in [-0.2, 0) is 4.79 Å². The highest BCUT2D eigenvalue weighted by Gasteiger charge is 2.11. The van der Waals surface area contributed by atoms with Crippen LogP contribution in [0.25, 0.3) is 0 Å². The van der Waals surface area contributed by atoms with Gasteiger partial charge in [0.25, 0.3) is 0 Å². The summed E-state index contributed by atoms with van der Waals surface area (Å²) in [5.41, 5.74) is 6.21. The smallest absolute Gasteiger partial charge is 0.335 e. The number of hydrogen-bond donors (Lipinski definition) is 4. The molecule has 0 aliphatic carbocycles. The van der Waals surface area contributed by atoms with Crippen molar-refractivity contribution in [2.75, 3.05) is 5.32 Å². The number of urea groups is 1. The molecule has 0 aromatic heterocycles. The number of carboxylic acid groups (broad SMARTS) is 1. The van der Waals surface area contributed by atoms with E-state index in [-0.39, 0.29) is 18.0 Å². The van der Waals surface area contributed by atoms with Gasteiger partial charge in [-0.1, -0.05) is 0 Å². The number of nitrogens with two attached hydrogens (primary N) is 1. The Morgan fingerprint density at radius 1 is 1.35 bits per heavy atom. The van der Waals surface area contributed by atoms with Gasteiger partial charge in [-0.3, -0.25) is 4.79 Å². The van der Waals surface area contributed by atoms with Gasteiger partial charge >= 0.3 is 12.0 Å². The van der Waals surface area contributed by atoms with E-state index in [1.165, 1.54) is 12.1 Å². The molecule has 1 atom stereocenters. The lowest BCUT2D eigenvalue weighted by atomic mass is 10.1. The molecule has 20 heavy (non-hydrogen) atoms. The van der Waals surface area contributed by atoms with Crippen molar-refractivity contribution in [3.8, 4) is 0 Å². The Balaban J connectivity index is 2.65. The topological polar surface area (TPSA) is 122 Å². The molecular formula is C13H17N3O4. The molecule has 7 heteroatoms. The number of carboxylic acids is 1.